The van der Waals surface area contributed by atoms with Gasteiger partial charge in [0.15, 0.2) is 5.96 Å². The van der Waals surface area contributed by atoms with E-state index in [9.17, 15) is 5.11 Å². The minimum absolute atomic E-state index is 0.0970. The zero-order valence-corrected chi connectivity index (χ0v) is 16.0. The Labute approximate surface area is 150 Å². The van der Waals surface area contributed by atoms with E-state index in [1.807, 2.05) is 37.3 Å². The van der Waals surface area contributed by atoms with Crippen LogP contribution in [-0.2, 0) is 11.3 Å². The summed E-state index contributed by atoms with van der Waals surface area (Å²) < 4.78 is 5.65. The molecule has 24 heavy (non-hydrogen) atoms. The highest BCUT2D eigenvalue weighted by Gasteiger charge is 2.15. The van der Waals surface area contributed by atoms with E-state index in [1.54, 1.807) is 11.8 Å². The average molecular weight is 354 g/mol. The number of aliphatic hydroxyl groups excluding tert-OH is 1. The molecular formula is C18H31N3O2S. The third-order valence-electron chi connectivity index (χ3n) is 3.44. The Bertz CT molecular complexity index is 480. The van der Waals surface area contributed by atoms with Crippen LogP contribution < -0.4 is 10.6 Å². The van der Waals surface area contributed by atoms with E-state index in [4.69, 9.17) is 4.74 Å². The minimum atomic E-state index is -0.578. The van der Waals surface area contributed by atoms with Crippen LogP contribution in [0, 0.1) is 0 Å². The molecule has 0 heterocycles. The van der Waals surface area contributed by atoms with Gasteiger partial charge in [-0.15, -0.1) is 0 Å². The second-order valence-corrected chi connectivity index (χ2v) is 7.71. The van der Waals surface area contributed by atoms with Gasteiger partial charge in [-0.2, -0.15) is 11.8 Å². The number of nitrogens with zero attached hydrogens (tertiary/aromatic N) is 1. The van der Waals surface area contributed by atoms with Gasteiger partial charge in [-0.3, -0.25) is 4.99 Å². The summed E-state index contributed by atoms with van der Waals surface area (Å²) in [4.78, 5) is 4.58. The minimum Gasteiger partial charge on any atom is -0.389 e. The van der Waals surface area contributed by atoms with Crippen molar-refractivity contribution in [3.63, 3.8) is 0 Å². The summed E-state index contributed by atoms with van der Waals surface area (Å²) in [5.74, 6) is 0.724. The first-order valence-corrected chi connectivity index (χ1v) is 9.56. The summed E-state index contributed by atoms with van der Waals surface area (Å²) in [7, 11) is 0. The van der Waals surface area contributed by atoms with Gasteiger partial charge in [-0.1, -0.05) is 30.3 Å². The SMILES string of the molecule is CCNC(=NCC(C)(C)SC)NCC(O)COCc1ccccc1. The van der Waals surface area contributed by atoms with E-state index in [-0.39, 0.29) is 11.4 Å². The van der Waals surface area contributed by atoms with E-state index in [0.29, 0.717) is 19.7 Å². The summed E-state index contributed by atoms with van der Waals surface area (Å²) in [6, 6.07) is 9.95. The Kier molecular flexibility index (Phi) is 9.83. The number of aliphatic imine (C=N–C) groups is 1. The maximum Gasteiger partial charge on any atom is 0.191 e. The molecule has 1 aromatic carbocycles. The molecule has 0 bridgehead atoms. The van der Waals surface area contributed by atoms with Crippen LogP contribution in [0.2, 0.25) is 0 Å². The Morgan fingerprint density at radius 2 is 2.00 bits per heavy atom. The number of rotatable bonds is 10. The van der Waals surface area contributed by atoms with Crippen molar-refractivity contribution in [3.8, 4) is 0 Å². The molecule has 0 aromatic heterocycles. The highest BCUT2D eigenvalue weighted by atomic mass is 32.2. The molecule has 1 aromatic rings. The molecule has 0 aliphatic carbocycles. The van der Waals surface area contributed by atoms with E-state index < -0.39 is 6.10 Å². The molecule has 0 fully saturated rings. The number of ether oxygens (including phenoxy) is 1. The molecule has 0 saturated carbocycles. The second-order valence-electron chi connectivity index (χ2n) is 6.19. The van der Waals surface area contributed by atoms with Crippen molar-refractivity contribution >= 4 is 17.7 Å². The monoisotopic (exact) mass is 353 g/mol. The summed E-state index contributed by atoms with van der Waals surface area (Å²) >= 11 is 1.79. The third-order valence-corrected chi connectivity index (χ3v) is 4.68. The van der Waals surface area contributed by atoms with E-state index in [2.05, 4.69) is 35.7 Å². The Morgan fingerprint density at radius 3 is 2.62 bits per heavy atom. The fourth-order valence-electron chi connectivity index (χ4n) is 1.84. The molecular weight excluding hydrogens is 322 g/mol. The molecule has 1 unspecified atom stereocenters. The van der Waals surface area contributed by atoms with Crippen molar-refractivity contribution in [1.82, 2.24) is 10.6 Å². The van der Waals surface area contributed by atoms with Gasteiger partial charge in [0.2, 0.25) is 0 Å². The van der Waals surface area contributed by atoms with Gasteiger partial charge in [-0.25, -0.2) is 0 Å². The quantitative estimate of drug-likeness (QED) is 0.445. The smallest absolute Gasteiger partial charge is 0.191 e. The number of thioether (sulfide) groups is 1. The molecule has 1 rings (SSSR count). The molecule has 0 spiro atoms. The van der Waals surface area contributed by atoms with E-state index in [0.717, 1.165) is 18.1 Å². The van der Waals surface area contributed by atoms with Crippen molar-refractivity contribution in [1.29, 1.82) is 0 Å². The molecule has 3 N–H and O–H groups in total. The molecule has 0 radical (unpaired) electrons. The lowest BCUT2D eigenvalue weighted by Crippen LogP contribution is -2.43. The third kappa shape index (κ3) is 9.15. The average Bonchev–Trinajstić information content (AvgIpc) is 2.58. The zero-order valence-electron chi connectivity index (χ0n) is 15.2. The van der Waals surface area contributed by atoms with Crippen LogP contribution in [0.3, 0.4) is 0 Å². The van der Waals surface area contributed by atoms with Gasteiger partial charge in [0.1, 0.15) is 0 Å². The number of aliphatic hydroxyl groups is 1. The van der Waals surface area contributed by atoms with Crippen LogP contribution in [0.25, 0.3) is 0 Å². The molecule has 1 atom stereocenters. The maximum atomic E-state index is 10.0. The normalized spacial score (nSPS) is 13.6. The molecule has 0 saturated heterocycles. The number of nitrogens with one attached hydrogen (secondary N) is 2. The fourth-order valence-corrected chi connectivity index (χ4v) is 2.03. The zero-order chi connectivity index (χ0) is 17.8. The van der Waals surface area contributed by atoms with Gasteiger partial charge >= 0.3 is 0 Å². The molecule has 136 valence electrons. The summed E-state index contributed by atoms with van der Waals surface area (Å²) in [5.41, 5.74) is 1.10. The number of hydrogen-bond donors (Lipinski definition) is 3. The topological polar surface area (TPSA) is 65.9 Å². The van der Waals surface area contributed by atoms with Crippen molar-refractivity contribution in [3.05, 3.63) is 35.9 Å². The van der Waals surface area contributed by atoms with Gasteiger partial charge < -0.3 is 20.5 Å². The molecule has 5 nitrogen and oxygen atoms in total. The van der Waals surface area contributed by atoms with Crippen LogP contribution in [0.15, 0.2) is 35.3 Å². The van der Waals surface area contributed by atoms with Crippen molar-refractivity contribution in [2.75, 3.05) is 32.5 Å². The molecule has 0 aliphatic heterocycles. The number of guanidine groups is 1. The molecule has 0 aliphatic rings. The predicted octanol–water partition coefficient (Wildman–Crippen LogP) is 2.26. The lowest BCUT2D eigenvalue weighted by Gasteiger charge is -2.21. The predicted molar refractivity (Wildman–Crippen MR) is 104 cm³/mol. The van der Waals surface area contributed by atoms with Crippen LogP contribution in [0.4, 0.5) is 0 Å². The van der Waals surface area contributed by atoms with Gasteiger partial charge in [-0.05, 0) is 32.6 Å². The van der Waals surface area contributed by atoms with E-state index >= 15 is 0 Å². The lowest BCUT2D eigenvalue weighted by atomic mass is 10.2. The highest BCUT2D eigenvalue weighted by Crippen LogP contribution is 2.20. The van der Waals surface area contributed by atoms with Crippen molar-refractivity contribution < 1.29 is 9.84 Å². The lowest BCUT2D eigenvalue weighted by molar-refractivity contribution is 0.0308. The number of benzene rings is 1. The standard InChI is InChI=1S/C18H31N3O2S/c1-5-19-17(21-14-18(2,3)24-4)20-11-16(22)13-23-12-15-9-7-6-8-10-15/h6-10,16,22H,5,11-14H2,1-4H3,(H2,19,20,21). The van der Waals surface area contributed by atoms with Crippen LogP contribution in [0.1, 0.15) is 26.3 Å². The van der Waals surface area contributed by atoms with Gasteiger partial charge in [0.05, 0.1) is 25.9 Å². The first-order chi connectivity index (χ1) is 11.5. The van der Waals surface area contributed by atoms with Gasteiger partial charge in [0, 0.05) is 17.8 Å². The first-order valence-electron chi connectivity index (χ1n) is 8.34. The Balaban J connectivity index is 2.33. The van der Waals surface area contributed by atoms with Crippen LogP contribution in [0.5, 0.6) is 0 Å². The van der Waals surface area contributed by atoms with Crippen LogP contribution in [-0.4, -0.2) is 54.4 Å². The largest absolute Gasteiger partial charge is 0.389 e. The summed E-state index contributed by atoms with van der Waals surface area (Å²) in [6.45, 7) is 9.05. The highest BCUT2D eigenvalue weighted by molar-refractivity contribution is 7.99. The Hall–Kier alpha value is -1.24. The first kappa shape index (κ1) is 20.8. The van der Waals surface area contributed by atoms with Gasteiger partial charge in [0.25, 0.3) is 0 Å². The van der Waals surface area contributed by atoms with E-state index in [1.165, 1.54) is 0 Å². The summed E-state index contributed by atoms with van der Waals surface area (Å²) in [5, 5.41) is 16.4. The number of hydrogen-bond acceptors (Lipinski definition) is 4. The second kappa shape index (κ2) is 11.3. The molecule has 0 amide bonds. The Morgan fingerprint density at radius 1 is 1.29 bits per heavy atom. The summed E-state index contributed by atoms with van der Waals surface area (Å²) in [6.07, 6.45) is 1.51. The van der Waals surface area contributed by atoms with Crippen molar-refractivity contribution in [2.45, 2.75) is 38.2 Å². The van der Waals surface area contributed by atoms with Crippen LogP contribution >= 0.6 is 11.8 Å². The fraction of sp³-hybridized carbons (Fsp3) is 0.611. The maximum absolute atomic E-state index is 10.0. The molecule has 6 heteroatoms. The van der Waals surface area contributed by atoms with Crippen molar-refractivity contribution in [2.24, 2.45) is 4.99 Å².